The second-order valence-corrected chi connectivity index (χ2v) is 6.29. The highest BCUT2D eigenvalue weighted by atomic mass is 16.6. The maximum Gasteiger partial charge on any atom is 0.412 e. The Morgan fingerprint density at radius 3 is 2.52 bits per heavy atom. The van der Waals surface area contributed by atoms with E-state index in [2.05, 4.69) is 5.32 Å². The molecule has 0 spiro atoms. The lowest BCUT2D eigenvalue weighted by Gasteiger charge is -2.21. The predicted octanol–water partition coefficient (Wildman–Crippen LogP) is 3.70. The zero-order valence-electron chi connectivity index (χ0n) is 13.5. The highest BCUT2D eigenvalue weighted by Gasteiger charge is 2.19. The van der Waals surface area contributed by atoms with Crippen LogP contribution in [0.5, 0.6) is 0 Å². The lowest BCUT2D eigenvalue weighted by Crippen LogP contribution is -2.27. The van der Waals surface area contributed by atoms with E-state index in [0.29, 0.717) is 22.5 Å². The van der Waals surface area contributed by atoms with E-state index in [1.807, 2.05) is 0 Å². The predicted molar refractivity (Wildman–Crippen MR) is 91.2 cm³/mol. The van der Waals surface area contributed by atoms with Gasteiger partial charge in [-0.25, -0.2) is 4.79 Å². The van der Waals surface area contributed by atoms with Crippen molar-refractivity contribution in [2.45, 2.75) is 32.5 Å². The van der Waals surface area contributed by atoms with Crippen LogP contribution in [0.4, 0.5) is 16.2 Å². The van der Waals surface area contributed by atoms with Crippen LogP contribution in [0.3, 0.4) is 0 Å². The van der Waals surface area contributed by atoms with Gasteiger partial charge < -0.3 is 15.6 Å². The molecule has 0 saturated carbocycles. The summed E-state index contributed by atoms with van der Waals surface area (Å²) in [5.41, 5.74) is 7.46. The minimum Gasteiger partial charge on any atom is -0.444 e. The summed E-state index contributed by atoms with van der Waals surface area (Å²) in [7, 11) is 0. The Hall–Kier alpha value is -2.53. The highest BCUT2D eigenvalue weighted by molar-refractivity contribution is 5.86. The Balaban J connectivity index is 2.25. The molecule has 2 aromatic carbocycles. The first-order valence-corrected chi connectivity index (χ1v) is 7.39. The van der Waals surface area contributed by atoms with E-state index in [9.17, 15) is 9.90 Å². The van der Waals surface area contributed by atoms with Crippen LogP contribution in [0, 0.1) is 0 Å². The standard InChI is InChI=1S/C18H22N2O3/c1-18(2,3)23-17(22)20-15-10-5-4-9-14(15)16(21)12-7-6-8-13(19)11-12/h4-11,16,21H,19H2,1-3H3,(H,20,22). The van der Waals surface area contributed by atoms with Gasteiger partial charge in [0, 0.05) is 11.3 Å². The molecular weight excluding hydrogens is 292 g/mol. The van der Waals surface area contributed by atoms with Gasteiger partial charge in [0.15, 0.2) is 0 Å². The molecule has 0 fully saturated rings. The van der Waals surface area contributed by atoms with Gasteiger partial charge in [-0.15, -0.1) is 0 Å². The van der Waals surface area contributed by atoms with Gasteiger partial charge in [0.1, 0.15) is 11.7 Å². The van der Waals surface area contributed by atoms with Gasteiger partial charge >= 0.3 is 6.09 Å². The summed E-state index contributed by atoms with van der Waals surface area (Å²) in [4.78, 5) is 12.0. The number of nitrogen functional groups attached to an aromatic ring is 1. The average Bonchev–Trinajstić information content (AvgIpc) is 2.45. The number of rotatable bonds is 3. The summed E-state index contributed by atoms with van der Waals surface area (Å²) in [6.07, 6.45) is -1.46. The molecule has 0 radical (unpaired) electrons. The molecule has 2 rings (SSSR count). The number of para-hydroxylation sites is 1. The van der Waals surface area contributed by atoms with Crippen molar-refractivity contribution in [3.63, 3.8) is 0 Å². The fourth-order valence-corrected chi connectivity index (χ4v) is 2.17. The number of carbonyl (C=O) groups excluding carboxylic acids is 1. The minimum atomic E-state index is -0.898. The molecule has 122 valence electrons. The molecule has 5 heteroatoms. The third-order valence-electron chi connectivity index (χ3n) is 3.12. The molecule has 2 aromatic rings. The summed E-state index contributed by atoms with van der Waals surface area (Å²) >= 11 is 0. The molecule has 5 nitrogen and oxygen atoms in total. The summed E-state index contributed by atoms with van der Waals surface area (Å²) in [5.74, 6) is 0. The van der Waals surface area contributed by atoms with Crippen LogP contribution in [0.2, 0.25) is 0 Å². The summed E-state index contributed by atoms with van der Waals surface area (Å²) in [6.45, 7) is 5.38. The number of aliphatic hydroxyl groups is 1. The zero-order valence-corrected chi connectivity index (χ0v) is 13.5. The van der Waals surface area contributed by atoms with Crippen LogP contribution in [0.25, 0.3) is 0 Å². The van der Waals surface area contributed by atoms with Crippen LogP contribution in [0.15, 0.2) is 48.5 Å². The number of amides is 1. The molecule has 1 atom stereocenters. The van der Waals surface area contributed by atoms with E-state index in [1.54, 1.807) is 69.3 Å². The molecule has 0 aliphatic rings. The van der Waals surface area contributed by atoms with Crippen molar-refractivity contribution in [1.29, 1.82) is 0 Å². The number of aliphatic hydroxyl groups excluding tert-OH is 1. The number of nitrogens with two attached hydrogens (primary N) is 1. The minimum absolute atomic E-state index is 0.497. The first kappa shape index (κ1) is 16.8. The van der Waals surface area contributed by atoms with Gasteiger partial charge in [-0.1, -0.05) is 30.3 Å². The van der Waals surface area contributed by atoms with Crippen molar-refractivity contribution in [1.82, 2.24) is 0 Å². The molecule has 23 heavy (non-hydrogen) atoms. The highest BCUT2D eigenvalue weighted by Crippen LogP contribution is 2.29. The van der Waals surface area contributed by atoms with Gasteiger partial charge in [0.2, 0.25) is 0 Å². The van der Waals surface area contributed by atoms with Crippen molar-refractivity contribution >= 4 is 17.5 Å². The lowest BCUT2D eigenvalue weighted by molar-refractivity contribution is 0.0635. The van der Waals surface area contributed by atoms with Crippen LogP contribution < -0.4 is 11.1 Å². The van der Waals surface area contributed by atoms with Gasteiger partial charge in [-0.05, 0) is 44.5 Å². The summed E-state index contributed by atoms with van der Waals surface area (Å²) in [5, 5.41) is 13.3. The third-order valence-corrected chi connectivity index (χ3v) is 3.12. The Morgan fingerprint density at radius 1 is 1.17 bits per heavy atom. The Morgan fingerprint density at radius 2 is 1.87 bits per heavy atom. The maximum atomic E-state index is 12.0. The summed E-state index contributed by atoms with van der Waals surface area (Å²) < 4.78 is 5.25. The molecule has 0 heterocycles. The van der Waals surface area contributed by atoms with E-state index in [0.717, 1.165) is 0 Å². The van der Waals surface area contributed by atoms with Crippen molar-refractivity contribution in [3.8, 4) is 0 Å². The third kappa shape index (κ3) is 4.72. The first-order valence-electron chi connectivity index (χ1n) is 7.39. The van der Waals surface area contributed by atoms with E-state index in [-0.39, 0.29) is 0 Å². The van der Waals surface area contributed by atoms with Gasteiger partial charge in [-0.2, -0.15) is 0 Å². The summed E-state index contributed by atoms with van der Waals surface area (Å²) in [6, 6.07) is 14.1. The van der Waals surface area contributed by atoms with Crippen LogP contribution in [-0.2, 0) is 4.74 Å². The normalized spacial score (nSPS) is 12.5. The van der Waals surface area contributed by atoms with E-state index >= 15 is 0 Å². The Bertz CT molecular complexity index is 693. The number of carbonyl (C=O) groups is 1. The number of nitrogens with one attached hydrogen (secondary N) is 1. The largest absolute Gasteiger partial charge is 0.444 e. The van der Waals surface area contributed by atoms with Crippen molar-refractivity contribution in [2.24, 2.45) is 0 Å². The number of hydrogen-bond acceptors (Lipinski definition) is 4. The Labute approximate surface area is 136 Å². The topological polar surface area (TPSA) is 84.6 Å². The monoisotopic (exact) mass is 314 g/mol. The zero-order chi connectivity index (χ0) is 17.0. The Kier molecular flexibility index (Phi) is 4.91. The van der Waals surface area contributed by atoms with Crippen molar-refractivity contribution < 1.29 is 14.6 Å². The van der Waals surface area contributed by atoms with E-state index in [1.165, 1.54) is 0 Å². The smallest absolute Gasteiger partial charge is 0.412 e. The van der Waals surface area contributed by atoms with Gasteiger partial charge in [0.25, 0.3) is 0 Å². The van der Waals surface area contributed by atoms with Crippen molar-refractivity contribution in [3.05, 3.63) is 59.7 Å². The molecule has 1 unspecified atom stereocenters. The lowest BCUT2D eigenvalue weighted by atomic mass is 9.99. The van der Waals surface area contributed by atoms with Gasteiger partial charge in [-0.3, -0.25) is 5.32 Å². The quantitative estimate of drug-likeness (QED) is 0.754. The molecule has 0 aromatic heterocycles. The van der Waals surface area contributed by atoms with E-state index < -0.39 is 17.8 Å². The van der Waals surface area contributed by atoms with Crippen LogP contribution in [0.1, 0.15) is 38.0 Å². The maximum absolute atomic E-state index is 12.0. The van der Waals surface area contributed by atoms with Crippen molar-refractivity contribution in [2.75, 3.05) is 11.1 Å². The van der Waals surface area contributed by atoms with Crippen LogP contribution >= 0.6 is 0 Å². The number of hydrogen-bond donors (Lipinski definition) is 3. The molecule has 0 bridgehead atoms. The van der Waals surface area contributed by atoms with E-state index in [4.69, 9.17) is 10.5 Å². The fourth-order valence-electron chi connectivity index (χ4n) is 2.17. The number of anilines is 2. The number of benzene rings is 2. The molecular formula is C18H22N2O3. The molecule has 4 N–H and O–H groups in total. The fraction of sp³-hybridized carbons (Fsp3) is 0.278. The SMILES string of the molecule is CC(C)(C)OC(=O)Nc1ccccc1C(O)c1cccc(N)c1. The van der Waals surface area contributed by atoms with Crippen LogP contribution in [-0.4, -0.2) is 16.8 Å². The molecule has 0 aliphatic carbocycles. The van der Waals surface area contributed by atoms with Gasteiger partial charge in [0.05, 0.1) is 5.69 Å². The molecule has 0 aliphatic heterocycles. The molecule has 1 amide bonds. The average molecular weight is 314 g/mol. The first-order chi connectivity index (χ1) is 10.8. The number of ether oxygens (including phenoxy) is 1. The molecule has 0 saturated heterocycles. The second kappa shape index (κ2) is 6.71. The second-order valence-electron chi connectivity index (χ2n) is 6.29.